The Morgan fingerprint density at radius 1 is 1.25 bits per heavy atom. The van der Waals surface area contributed by atoms with Crippen LogP contribution in [0.2, 0.25) is 0 Å². The summed E-state index contributed by atoms with van der Waals surface area (Å²) in [4.78, 5) is 13.2. The Kier molecular flexibility index (Phi) is 6.42. The van der Waals surface area contributed by atoms with E-state index in [0.29, 0.717) is 13.2 Å². The van der Waals surface area contributed by atoms with E-state index in [9.17, 15) is 4.79 Å². The summed E-state index contributed by atoms with van der Waals surface area (Å²) >= 11 is 0. The average Bonchev–Trinajstić information content (AvgIpc) is 2.20. The summed E-state index contributed by atoms with van der Waals surface area (Å²) in [6, 6.07) is 0. The predicted molar refractivity (Wildman–Crippen MR) is 62.6 cm³/mol. The number of nitrogens with zero attached hydrogens (tertiary/aromatic N) is 1. The predicted octanol–water partition coefficient (Wildman–Crippen LogP) is 1.74. The van der Waals surface area contributed by atoms with Crippen LogP contribution in [0.25, 0.3) is 0 Å². The van der Waals surface area contributed by atoms with Crippen molar-refractivity contribution in [3.8, 4) is 0 Å². The maximum absolute atomic E-state index is 11.0. The van der Waals surface area contributed by atoms with Gasteiger partial charge in [-0.25, -0.2) is 4.79 Å². The van der Waals surface area contributed by atoms with Gasteiger partial charge in [0.2, 0.25) is 0 Å². The fourth-order valence-corrected chi connectivity index (χ4v) is 2.13. The van der Waals surface area contributed by atoms with Crippen molar-refractivity contribution in [3.05, 3.63) is 0 Å². The van der Waals surface area contributed by atoms with Crippen molar-refractivity contribution in [1.82, 2.24) is 4.90 Å². The Hall–Kier alpha value is -0.610. The molecule has 1 atom stereocenters. The van der Waals surface area contributed by atoms with Crippen molar-refractivity contribution in [2.45, 2.75) is 45.1 Å². The van der Waals surface area contributed by atoms with Crippen molar-refractivity contribution in [2.75, 3.05) is 26.2 Å². The molecule has 1 saturated heterocycles. The van der Waals surface area contributed by atoms with Crippen molar-refractivity contribution < 1.29 is 14.6 Å². The van der Waals surface area contributed by atoms with Crippen molar-refractivity contribution >= 4 is 5.97 Å². The van der Waals surface area contributed by atoms with E-state index in [-0.39, 0.29) is 0 Å². The third kappa shape index (κ3) is 4.94. The van der Waals surface area contributed by atoms with Crippen LogP contribution >= 0.6 is 0 Å². The van der Waals surface area contributed by atoms with Crippen LogP contribution < -0.4 is 0 Å². The summed E-state index contributed by atoms with van der Waals surface area (Å²) in [6.07, 6.45) is 5.55. The van der Waals surface area contributed by atoms with Crippen molar-refractivity contribution in [2.24, 2.45) is 0 Å². The van der Waals surface area contributed by atoms with Gasteiger partial charge in [-0.2, -0.15) is 0 Å². The van der Waals surface area contributed by atoms with Gasteiger partial charge in [-0.15, -0.1) is 0 Å². The smallest absolute Gasteiger partial charge is 0.334 e. The number of aliphatic carboxylic acids is 1. The van der Waals surface area contributed by atoms with Crippen molar-refractivity contribution in [1.29, 1.82) is 0 Å². The highest BCUT2D eigenvalue weighted by molar-refractivity contribution is 5.72. The minimum atomic E-state index is -0.844. The molecule has 1 fully saturated rings. The summed E-state index contributed by atoms with van der Waals surface area (Å²) < 4.78 is 5.24. The van der Waals surface area contributed by atoms with Crippen molar-refractivity contribution in [3.63, 3.8) is 0 Å². The molecular formula is C12H23NO3. The largest absolute Gasteiger partial charge is 0.479 e. The first-order valence-corrected chi connectivity index (χ1v) is 6.30. The van der Waals surface area contributed by atoms with E-state index in [1.54, 1.807) is 0 Å². The summed E-state index contributed by atoms with van der Waals surface area (Å²) in [5.74, 6) is -0.844. The molecular weight excluding hydrogens is 206 g/mol. The van der Waals surface area contributed by atoms with Gasteiger partial charge in [-0.05, 0) is 32.9 Å². The molecule has 1 heterocycles. The Labute approximate surface area is 97.6 Å². The molecule has 1 aliphatic rings. The number of likely N-dealkylation sites (tertiary alicyclic amines) is 1. The lowest BCUT2D eigenvalue weighted by Crippen LogP contribution is -2.40. The molecule has 0 bridgehead atoms. The molecule has 0 saturated carbocycles. The molecule has 1 rings (SSSR count). The highest BCUT2D eigenvalue weighted by Crippen LogP contribution is 2.11. The van der Waals surface area contributed by atoms with Gasteiger partial charge in [0.05, 0.1) is 0 Å². The van der Waals surface area contributed by atoms with Gasteiger partial charge >= 0.3 is 5.97 Å². The summed E-state index contributed by atoms with van der Waals surface area (Å²) in [6.45, 7) is 4.85. The van der Waals surface area contributed by atoms with Gasteiger partial charge in [0.15, 0.2) is 6.10 Å². The Morgan fingerprint density at radius 3 is 2.31 bits per heavy atom. The van der Waals surface area contributed by atoms with Crippen LogP contribution in [0.15, 0.2) is 0 Å². The molecule has 0 aliphatic carbocycles. The highest BCUT2D eigenvalue weighted by Gasteiger charge is 2.21. The molecule has 1 N–H and O–H groups in total. The first kappa shape index (κ1) is 13.5. The van der Waals surface area contributed by atoms with Gasteiger partial charge in [0.1, 0.15) is 0 Å². The number of carboxylic acid groups (broad SMARTS) is 1. The number of carbonyl (C=O) groups is 1. The molecule has 1 aliphatic heterocycles. The molecule has 0 aromatic heterocycles. The third-order valence-corrected chi connectivity index (χ3v) is 3.02. The summed E-state index contributed by atoms with van der Waals surface area (Å²) in [5, 5.41) is 9.01. The van der Waals surface area contributed by atoms with Crippen LogP contribution in [0.3, 0.4) is 0 Å². The lowest BCUT2D eigenvalue weighted by atomic mass is 10.1. The molecule has 0 aromatic rings. The normalized spacial score (nSPS) is 21.1. The van der Waals surface area contributed by atoms with Crippen LogP contribution in [0.4, 0.5) is 0 Å². The Balaban J connectivity index is 2.38. The average molecular weight is 229 g/mol. The van der Waals surface area contributed by atoms with E-state index >= 15 is 0 Å². The maximum Gasteiger partial charge on any atom is 0.334 e. The second kappa shape index (κ2) is 7.63. The lowest BCUT2D eigenvalue weighted by molar-refractivity contribution is -0.151. The first-order chi connectivity index (χ1) is 7.74. The van der Waals surface area contributed by atoms with E-state index in [4.69, 9.17) is 9.84 Å². The highest BCUT2D eigenvalue weighted by atomic mass is 16.5. The zero-order chi connectivity index (χ0) is 11.8. The van der Waals surface area contributed by atoms with E-state index < -0.39 is 12.1 Å². The molecule has 0 spiro atoms. The molecule has 4 heteroatoms. The van der Waals surface area contributed by atoms with Gasteiger partial charge in [0, 0.05) is 13.2 Å². The van der Waals surface area contributed by atoms with Gasteiger partial charge in [0.25, 0.3) is 0 Å². The molecule has 94 valence electrons. The van der Waals surface area contributed by atoms with E-state index in [1.165, 1.54) is 32.1 Å². The minimum absolute atomic E-state index is 0.463. The zero-order valence-electron chi connectivity index (χ0n) is 10.2. The van der Waals surface area contributed by atoms with Crippen LogP contribution in [-0.2, 0) is 9.53 Å². The van der Waals surface area contributed by atoms with Gasteiger partial charge in [-0.1, -0.05) is 19.3 Å². The SMILES string of the molecule is CCOC(CN1CCCCCCC1)C(=O)O. The Morgan fingerprint density at radius 2 is 1.81 bits per heavy atom. The second-order valence-electron chi connectivity index (χ2n) is 4.35. The number of carboxylic acids is 1. The number of hydrogen-bond donors (Lipinski definition) is 1. The van der Waals surface area contributed by atoms with Crippen LogP contribution in [0.1, 0.15) is 39.0 Å². The fourth-order valence-electron chi connectivity index (χ4n) is 2.13. The summed E-state index contributed by atoms with van der Waals surface area (Å²) in [7, 11) is 0. The second-order valence-corrected chi connectivity index (χ2v) is 4.35. The van der Waals surface area contributed by atoms with E-state index in [1.807, 2.05) is 6.92 Å². The molecule has 0 radical (unpaired) electrons. The monoisotopic (exact) mass is 229 g/mol. The minimum Gasteiger partial charge on any atom is -0.479 e. The van der Waals surface area contributed by atoms with Crippen LogP contribution in [0.5, 0.6) is 0 Å². The Bertz CT molecular complexity index is 200. The lowest BCUT2D eigenvalue weighted by Gasteiger charge is -2.27. The molecule has 16 heavy (non-hydrogen) atoms. The van der Waals surface area contributed by atoms with Gasteiger partial charge < -0.3 is 14.7 Å². The van der Waals surface area contributed by atoms with E-state index in [2.05, 4.69) is 4.90 Å². The standard InChI is InChI=1S/C12H23NO3/c1-2-16-11(12(14)15)10-13-8-6-4-3-5-7-9-13/h11H,2-10H2,1H3,(H,14,15). The van der Waals surface area contributed by atoms with E-state index in [0.717, 1.165) is 13.1 Å². The quantitative estimate of drug-likeness (QED) is 0.780. The molecule has 1 unspecified atom stereocenters. The topological polar surface area (TPSA) is 49.8 Å². The summed E-state index contributed by atoms with van der Waals surface area (Å²) in [5.41, 5.74) is 0. The number of ether oxygens (including phenoxy) is 1. The molecule has 0 amide bonds. The third-order valence-electron chi connectivity index (χ3n) is 3.02. The zero-order valence-corrected chi connectivity index (χ0v) is 10.2. The number of hydrogen-bond acceptors (Lipinski definition) is 3. The molecule has 0 aromatic carbocycles. The number of rotatable bonds is 5. The molecule has 4 nitrogen and oxygen atoms in total. The van der Waals surface area contributed by atoms with Crippen LogP contribution in [0, 0.1) is 0 Å². The fraction of sp³-hybridized carbons (Fsp3) is 0.917. The van der Waals surface area contributed by atoms with Gasteiger partial charge in [-0.3, -0.25) is 0 Å². The van der Waals surface area contributed by atoms with Crippen LogP contribution in [-0.4, -0.2) is 48.3 Å². The first-order valence-electron chi connectivity index (χ1n) is 6.30. The maximum atomic E-state index is 11.0.